The first-order chi connectivity index (χ1) is 7.52. The number of hydrogen-bond donors (Lipinski definition) is 1. The standard InChI is InChI=1S/C9H14ClN3OS2/c1-4-5(2)15-9-13-12-8(16-9)11-7(14)6(3)10/h5-6H,4H2,1-3H3,(H,11,12,14)/t5-,6+/m1/s1. The molecule has 7 heteroatoms. The molecule has 0 radical (unpaired) electrons. The molecule has 1 amide bonds. The lowest BCUT2D eigenvalue weighted by atomic mass is 10.4. The molecule has 1 heterocycles. The third-order valence-electron chi connectivity index (χ3n) is 1.87. The molecule has 2 atom stereocenters. The molecule has 0 spiro atoms. The van der Waals surface area contributed by atoms with Crippen LogP contribution in [0.2, 0.25) is 0 Å². The van der Waals surface area contributed by atoms with E-state index >= 15 is 0 Å². The Morgan fingerprint density at radius 3 is 2.81 bits per heavy atom. The van der Waals surface area contributed by atoms with E-state index in [2.05, 4.69) is 29.4 Å². The number of aromatic nitrogens is 2. The zero-order chi connectivity index (χ0) is 12.1. The SMILES string of the molecule is CC[C@@H](C)Sc1nnc(NC(=O)[C@H](C)Cl)s1. The van der Waals surface area contributed by atoms with Crippen molar-refractivity contribution in [2.24, 2.45) is 0 Å². The second-order valence-electron chi connectivity index (χ2n) is 3.32. The predicted octanol–water partition coefficient (Wildman–Crippen LogP) is 2.99. The lowest BCUT2D eigenvalue weighted by molar-refractivity contribution is -0.115. The van der Waals surface area contributed by atoms with Crippen LogP contribution >= 0.6 is 34.7 Å². The topological polar surface area (TPSA) is 54.9 Å². The van der Waals surface area contributed by atoms with Gasteiger partial charge in [0.1, 0.15) is 5.38 Å². The van der Waals surface area contributed by atoms with Crippen molar-refractivity contribution in [2.45, 2.75) is 42.2 Å². The van der Waals surface area contributed by atoms with E-state index < -0.39 is 5.38 Å². The highest BCUT2D eigenvalue weighted by molar-refractivity contribution is 8.01. The maximum atomic E-state index is 11.3. The fourth-order valence-electron chi connectivity index (χ4n) is 0.768. The summed E-state index contributed by atoms with van der Waals surface area (Å²) in [6.07, 6.45) is 1.07. The Bertz CT molecular complexity index is 356. The molecule has 16 heavy (non-hydrogen) atoms. The average Bonchev–Trinajstić information content (AvgIpc) is 2.65. The van der Waals surface area contributed by atoms with Gasteiger partial charge in [0.05, 0.1) is 0 Å². The molecule has 0 aliphatic heterocycles. The predicted molar refractivity (Wildman–Crippen MR) is 69.5 cm³/mol. The number of halogens is 1. The summed E-state index contributed by atoms with van der Waals surface area (Å²) in [7, 11) is 0. The van der Waals surface area contributed by atoms with Gasteiger partial charge in [-0.25, -0.2) is 0 Å². The van der Waals surface area contributed by atoms with E-state index in [1.807, 2.05) is 0 Å². The lowest BCUT2D eigenvalue weighted by Gasteiger charge is -2.02. The van der Waals surface area contributed by atoms with Gasteiger partial charge in [-0.15, -0.1) is 21.8 Å². The fraction of sp³-hybridized carbons (Fsp3) is 0.667. The van der Waals surface area contributed by atoms with Crippen LogP contribution in [0.4, 0.5) is 5.13 Å². The maximum Gasteiger partial charge on any atom is 0.243 e. The molecule has 0 unspecified atom stereocenters. The largest absolute Gasteiger partial charge is 0.299 e. The monoisotopic (exact) mass is 279 g/mol. The van der Waals surface area contributed by atoms with E-state index in [0.717, 1.165) is 10.8 Å². The van der Waals surface area contributed by atoms with Crippen molar-refractivity contribution in [3.63, 3.8) is 0 Å². The Hall–Kier alpha value is -0.330. The van der Waals surface area contributed by atoms with Crippen molar-refractivity contribution in [1.82, 2.24) is 10.2 Å². The van der Waals surface area contributed by atoms with Gasteiger partial charge in [-0.2, -0.15) is 0 Å². The Morgan fingerprint density at radius 2 is 2.25 bits per heavy atom. The normalized spacial score (nSPS) is 14.5. The smallest absolute Gasteiger partial charge is 0.243 e. The summed E-state index contributed by atoms with van der Waals surface area (Å²) < 4.78 is 0.867. The zero-order valence-electron chi connectivity index (χ0n) is 9.36. The quantitative estimate of drug-likeness (QED) is 0.511. The summed E-state index contributed by atoms with van der Waals surface area (Å²) in [5.74, 6) is -0.252. The number of nitrogens with zero attached hydrogens (tertiary/aromatic N) is 2. The molecule has 0 bridgehead atoms. The molecule has 0 aliphatic carbocycles. The van der Waals surface area contributed by atoms with Gasteiger partial charge in [0, 0.05) is 5.25 Å². The van der Waals surface area contributed by atoms with Crippen LogP contribution in [0.3, 0.4) is 0 Å². The minimum atomic E-state index is -0.561. The molecular formula is C9H14ClN3OS2. The highest BCUT2D eigenvalue weighted by Gasteiger charge is 2.13. The Morgan fingerprint density at radius 1 is 1.56 bits per heavy atom. The van der Waals surface area contributed by atoms with E-state index in [1.165, 1.54) is 11.3 Å². The molecule has 0 aromatic carbocycles. The third-order valence-corrected chi connectivity index (χ3v) is 4.26. The number of amides is 1. The van der Waals surface area contributed by atoms with Gasteiger partial charge in [0.25, 0.3) is 0 Å². The molecule has 0 aliphatic rings. The molecular weight excluding hydrogens is 266 g/mol. The number of carbonyl (C=O) groups excluding carboxylic acids is 1. The van der Waals surface area contributed by atoms with E-state index in [4.69, 9.17) is 11.6 Å². The van der Waals surface area contributed by atoms with E-state index in [-0.39, 0.29) is 5.91 Å². The number of alkyl halides is 1. The maximum absolute atomic E-state index is 11.3. The van der Waals surface area contributed by atoms with Crippen LogP contribution < -0.4 is 5.32 Å². The van der Waals surface area contributed by atoms with E-state index in [9.17, 15) is 4.79 Å². The summed E-state index contributed by atoms with van der Waals surface area (Å²) >= 11 is 8.66. The Balaban J connectivity index is 2.54. The van der Waals surface area contributed by atoms with Crippen molar-refractivity contribution in [2.75, 3.05) is 5.32 Å². The van der Waals surface area contributed by atoms with Crippen LogP contribution in [0, 0.1) is 0 Å². The second kappa shape index (κ2) is 6.42. The van der Waals surface area contributed by atoms with Gasteiger partial charge < -0.3 is 0 Å². The van der Waals surface area contributed by atoms with Crippen molar-refractivity contribution >= 4 is 45.7 Å². The fourth-order valence-corrected chi connectivity index (χ4v) is 2.82. The van der Waals surface area contributed by atoms with Gasteiger partial charge in [-0.3, -0.25) is 10.1 Å². The van der Waals surface area contributed by atoms with E-state index in [0.29, 0.717) is 10.4 Å². The van der Waals surface area contributed by atoms with Crippen molar-refractivity contribution in [3.05, 3.63) is 0 Å². The number of rotatable bonds is 5. The first kappa shape index (κ1) is 13.7. The molecule has 1 aromatic heterocycles. The molecule has 0 fully saturated rings. The van der Waals surface area contributed by atoms with Gasteiger partial charge >= 0.3 is 0 Å². The van der Waals surface area contributed by atoms with Crippen LogP contribution in [-0.2, 0) is 4.79 Å². The molecule has 1 N–H and O–H groups in total. The minimum absolute atomic E-state index is 0.252. The van der Waals surface area contributed by atoms with Gasteiger partial charge in [-0.1, -0.05) is 36.9 Å². The Labute approximate surface area is 108 Å². The van der Waals surface area contributed by atoms with Crippen LogP contribution in [0.25, 0.3) is 0 Å². The summed E-state index contributed by atoms with van der Waals surface area (Å²) in [5, 5.41) is 10.9. The highest BCUT2D eigenvalue weighted by Crippen LogP contribution is 2.29. The molecule has 90 valence electrons. The number of hydrogen-bond acceptors (Lipinski definition) is 5. The lowest BCUT2D eigenvalue weighted by Crippen LogP contribution is -2.20. The summed E-state index contributed by atoms with van der Waals surface area (Å²) in [4.78, 5) is 11.3. The van der Waals surface area contributed by atoms with Crippen molar-refractivity contribution in [1.29, 1.82) is 0 Å². The average molecular weight is 280 g/mol. The number of anilines is 1. The minimum Gasteiger partial charge on any atom is -0.299 e. The van der Waals surface area contributed by atoms with Crippen LogP contribution in [0.5, 0.6) is 0 Å². The Kier molecular flexibility index (Phi) is 5.51. The van der Waals surface area contributed by atoms with Crippen LogP contribution in [-0.4, -0.2) is 26.7 Å². The molecule has 4 nitrogen and oxygen atoms in total. The summed E-state index contributed by atoms with van der Waals surface area (Å²) in [6, 6.07) is 0. The van der Waals surface area contributed by atoms with Gasteiger partial charge in [0.2, 0.25) is 11.0 Å². The van der Waals surface area contributed by atoms with Crippen LogP contribution in [0.1, 0.15) is 27.2 Å². The second-order valence-corrected chi connectivity index (χ2v) is 6.63. The van der Waals surface area contributed by atoms with Crippen molar-refractivity contribution in [3.8, 4) is 0 Å². The number of carbonyl (C=O) groups is 1. The first-order valence-electron chi connectivity index (χ1n) is 4.98. The summed E-state index contributed by atoms with van der Waals surface area (Å²) in [5.41, 5.74) is 0. The number of thioether (sulfide) groups is 1. The third kappa shape index (κ3) is 4.27. The molecule has 0 saturated heterocycles. The highest BCUT2D eigenvalue weighted by atomic mass is 35.5. The first-order valence-corrected chi connectivity index (χ1v) is 7.11. The van der Waals surface area contributed by atoms with Crippen LogP contribution in [0.15, 0.2) is 4.34 Å². The molecule has 0 saturated carbocycles. The summed E-state index contributed by atoms with van der Waals surface area (Å²) in [6.45, 7) is 5.87. The van der Waals surface area contributed by atoms with Gasteiger partial charge in [0.15, 0.2) is 4.34 Å². The number of nitrogens with one attached hydrogen (secondary N) is 1. The molecule has 1 aromatic rings. The van der Waals surface area contributed by atoms with E-state index in [1.54, 1.807) is 18.7 Å². The van der Waals surface area contributed by atoms with Gasteiger partial charge in [-0.05, 0) is 13.3 Å². The molecule has 1 rings (SSSR count). The van der Waals surface area contributed by atoms with Crippen molar-refractivity contribution < 1.29 is 4.79 Å². The zero-order valence-corrected chi connectivity index (χ0v) is 11.7.